The third-order valence-electron chi connectivity index (χ3n) is 3.56. The van der Waals surface area contributed by atoms with Crippen LogP contribution >= 0.6 is 43.5 Å². The van der Waals surface area contributed by atoms with Gasteiger partial charge < -0.3 is 0 Å². The molecule has 1 heterocycles. The van der Waals surface area contributed by atoms with Gasteiger partial charge in [-0.15, -0.1) is 0 Å². The van der Waals surface area contributed by atoms with Gasteiger partial charge >= 0.3 is 6.03 Å². The lowest BCUT2D eigenvalue weighted by atomic mass is 10.1. The molecule has 26 heavy (non-hydrogen) atoms. The molecule has 0 unspecified atom stereocenters. The van der Waals surface area contributed by atoms with Gasteiger partial charge in [0.2, 0.25) is 5.91 Å². The van der Waals surface area contributed by atoms with Gasteiger partial charge in [0.1, 0.15) is 0 Å². The average molecular weight is 500 g/mol. The molecule has 1 aliphatic heterocycles. The number of urea groups is 1. The van der Waals surface area contributed by atoms with Gasteiger partial charge in [0.25, 0.3) is 5.91 Å². The van der Waals surface area contributed by atoms with Gasteiger partial charge in [-0.05, 0) is 58.4 Å². The van der Waals surface area contributed by atoms with Gasteiger partial charge in [-0.1, -0.05) is 27.5 Å². The maximum atomic E-state index is 12.7. The number of amides is 4. The van der Waals surface area contributed by atoms with Crippen molar-refractivity contribution in [3.8, 4) is 0 Å². The van der Waals surface area contributed by atoms with Crippen LogP contribution < -0.4 is 10.2 Å². The lowest BCUT2D eigenvalue weighted by molar-refractivity contribution is -0.131. The zero-order valence-corrected chi connectivity index (χ0v) is 16.9. The van der Waals surface area contributed by atoms with Crippen molar-refractivity contribution >= 4 is 78.9 Å². The van der Waals surface area contributed by atoms with Crippen molar-refractivity contribution in [2.75, 3.05) is 4.90 Å². The first kappa shape index (κ1) is 18.8. The molecule has 1 N–H and O–H groups in total. The van der Waals surface area contributed by atoms with Crippen LogP contribution in [0.15, 0.2) is 56.4 Å². The first-order valence-corrected chi connectivity index (χ1v) is 9.27. The number of anilines is 1. The van der Waals surface area contributed by atoms with Crippen LogP contribution in [0.1, 0.15) is 0 Å². The topological polar surface area (TPSA) is 78.8 Å². The van der Waals surface area contributed by atoms with E-state index in [1.807, 2.05) is 0 Å². The number of aliphatic imine (C=N–C) groups is 1. The molecule has 0 radical (unpaired) electrons. The maximum Gasteiger partial charge on any atom is 0.335 e. The van der Waals surface area contributed by atoms with E-state index in [0.717, 1.165) is 9.37 Å². The van der Waals surface area contributed by atoms with Crippen molar-refractivity contribution < 1.29 is 14.4 Å². The quantitative estimate of drug-likeness (QED) is 0.500. The Morgan fingerprint density at radius 2 is 1.77 bits per heavy atom. The van der Waals surface area contributed by atoms with E-state index < -0.39 is 23.8 Å². The van der Waals surface area contributed by atoms with E-state index in [9.17, 15) is 14.4 Å². The number of halogens is 3. The molecule has 132 valence electrons. The third-order valence-corrected chi connectivity index (χ3v) is 5.32. The monoisotopic (exact) mass is 497 g/mol. The fraction of sp³-hybridized carbons (Fsp3) is 0.0588. The summed E-state index contributed by atoms with van der Waals surface area (Å²) >= 11 is 12.6. The second-order valence-corrected chi connectivity index (χ2v) is 7.48. The Morgan fingerprint density at radius 3 is 2.42 bits per heavy atom. The van der Waals surface area contributed by atoms with Gasteiger partial charge in [-0.2, -0.15) is 0 Å². The van der Waals surface area contributed by atoms with Crippen LogP contribution in [0.2, 0.25) is 5.02 Å². The van der Waals surface area contributed by atoms with Crippen LogP contribution in [0.5, 0.6) is 0 Å². The average Bonchev–Trinajstić information content (AvgIpc) is 2.59. The molecule has 0 saturated carbocycles. The molecule has 3 rings (SSSR count). The lowest BCUT2D eigenvalue weighted by Crippen LogP contribution is -2.58. The molecule has 1 atom stereocenters. The van der Waals surface area contributed by atoms with Crippen LogP contribution in [0.25, 0.3) is 0 Å². The van der Waals surface area contributed by atoms with E-state index in [1.165, 1.54) is 6.21 Å². The number of carbonyl (C=O) groups excluding carboxylic acids is 3. The first-order chi connectivity index (χ1) is 12.4. The van der Waals surface area contributed by atoms with Crippen molar-refractivity contribution in [3.05, 3.63) is 56.4 Å². The number of benzene rings is 2. The van der Waals surface area contributed by atoms with Crippen LogP contribution in [0, 0.1) is 5.92 Å². The summed E-state index contributed by atoms with van der Waals surface area (Å²) in [4.78, 5) is 41.9. The largest absolute Gasteiger partial charge is 0.335 e. The minimum absolute atomic E-state index is 0.355. The minimum Gasteiger partial charge on any atom is -0.276 e. The Bertz CT molecular complexity index is 931. The standard InChI is InChI=1S/C17H10Br2ClN3O3/c18-9-1-4-11(5-2-9)23-16(25)12(15(24)22-17(23)26)8-21-10-3-6-13(19)14(20)7-10/h1-8,12H,(H,22,24,26)/t12-/m1/s1. The van der Waals surface area contributed by atoms with Crippen molar-refractivity contribution in [2.45, 2.75) is 0 Å². The lowest BCUT2D eigenvalue weighted by Gasteiger charge is -2.28. The summed E-state index contributed by atoms with van der Waals surface area (Å²) in [5.74, 6) is -2.62. The van der Waals surface area contributed by atoms with Crippen LogP contribution in [-0.2, 0) is 9.59 Å². The summed E-state index contributed by atoms with van der Waals surface area (Å²) in [5, 5.41) is 2.62. The van der Waals surface area contributed by atoms with E-state index in [2.05, 4.69) is 42.2 Å². The number of hydrogen-bond acceptors (Lipinski definition) is 4. The van der Waals surface area contributed by atoms with Crippen molar-refractivity contribution in [1.82, 2.24) is 5.32 Å². The number of nitrogens with zero attached hydrogens (tertiary/aromatic N) is 2. The highest BCUT2D eigenvalue weighted by molar-refractivity contribution is 9.10. The highest BCUT2D eigenvalue weighted by Crippen LogP contribution is 2.27. The van der Waals surface area contributed by atoms with Gasteiger partial charge in [0.15, 0.2) is 5.92 Å². The van der Waals surface area contributed by atoms with Crippen molar-refractivity contribution in [2.24, 2.45) is 10.9 Å². The summed E-state index contributed by atoms with van der Waals surface area (Å²) in [6.07, 6.45) is 1.20. The van der Waals surface area contributed by atoms with E-state index in [4.69, 9.17) is 11.6 Å². The molecular weight excluding hydrogens is 489 g/mol. The molecule has 2 aromatic rings. The van der Waals surface area contributed by atoms with Crippen LogP contribution in [0.4, 0.5) is 16.2 Å². The second-order valence-electron chi connectivity index (χ2n) is 5.30. The molecule has 1 fully saturated rings. The summed E-state index contributed by atoms with van der Waals surface area (Å²) in [6, 6.07) is 10.8. The molecule has 6 nitrogen and oxygen atoms in total. The zero-order valence-electron chi connectivity index (χ0n) is 12.9. The Balaban J connectivity index is 1.88. The molecule has 2 aromatic carbocycles. The van der Waals surface area contributed by atoms with Crippen molar-refractivity contribution in [3.63, 3.8) is 0 Å². The van der Waals surface area contributed by atoms with E-state index in [0.29, 0.717) is 20.9 Å². The fourth-order valence-corrected chi connectivity index (χ4v) is 2.97. The fourth-order valence-electron chi connectivity index (χ4n) is 2.28. The number of imide groups is 2. The first-order valence-electron chi connectivity index (χ1n) is 7.30. The molecule has 0 spiro atoms. The van der Waals surface area contributed by atoms with E-state index in [-0.39, 0.29) is 0 Å². The van der Waals surface area contributed by atoms with Crippen molar-refractivity contribution in [1.29, 1.82) is 0 Å². The Hall–Kier alpha value is -2.03. The predicted molar refractivity (Wildman–Crippen MR) is 106 cm³/mol. The second kappa shape index (κ2) is 7.69. The SMILES string of the molecule is O=C1NC(=O)N(c2ccc(Br)cc2)C(=O)[C@@H]1C=Nc1ccc(Br)c(Cl)c1. The van der Waals surface area contributed by atoms with Crippen LogP contribution in [0.3, 0.4) is 0 Å². The smallest absolute Gasteiger partial charge is 0.276 e. The highest BCUT2D eigenvalue weighted by atomic mass is 79.9. The maximum absolute atomic E-state index is 12.7. The van der Waals surface area contributed by atoms with Gasteiger partial charge in [0, 0.05) is 15.2 Å². The number of hydrogen-bond donors (Lipinski definition) is 1. The van der Waals surface area contributed by atoms with E-state index >= 15 is 0 Å². The molecule has 0 bridgehead atoms. The summed E-state index contributed by atoms with van der Waals surface area (Å²) < 4.78 is 1.50. The summed E-state index contributed by atoms with van der Waals surface area (Å²) in [7, 11) is 0. The molecule has 1 saturated heterocycles. The van der Waals surface area contributed by atoms with Gasteiger partial charge in [0.05, 0.1) is 16.4 Å². The predicted octanol–water partition coefficient (Wildman–Crippen LogP) is 4.47. The number of carbonyl (C=O) groups is 3. The highest BCUT2D eigenvalue weighted by Gasteiger charge is 2.40. The number of barbiturate groups is 1. The van der Waals surface area contributed by atoms with Gasteiger partial charge in [-0.3, -0.25) is 19.9 Å². The molecular formula is C17H10Br2ClN3O3. The number of nitrogens with one attached hydrogen (secondary N) is 1. The number of rotatable bonds is 3. The Morgan fingerprint density at radius 1 is 1.08 bits per heavy atom. The van der Waals surface area contributed by atoms with Crippen LogP contribution in [-0.4, -0.2) is 24.1 Å². The van der Waals surface area contributed by atoms with E-state index in [1.54, 1.807) is 42.5 Å². The molecule has 9 heteroatoms. The molecule has 4 amide bonds. The summed E-state index contributed by atoms with van der Waals surface area (Å²) in [5.41, 5.74) is 0.833. The Kier molecular flexibility index (Phi) is 5.55. The zero-order chi connectivity index (χ0) is 18.8. The normalized spacial score (nSPS) is 17.7. The Labute approximate surface area is 170 Å². The molecule has 0 aromatic heterocycles. The summed E-state index contributed by atoms with van der Waals surface area (Å²) in [6.45, 7) is 0. The molecule has 1 aliphatic rings. The third kappa shape index (κ3) is 3.87. The van der Waals surface area contributed by atoms with Gasteiger partial charge in [-0.25, -0.2) is 9.69 Å². The molecule has 0 aliphatic carbocycles. The minimum atomic E-state index is -1.22.